The lowest BCUT2D eigenvalue weighted by atomic mass is 9.84. The van der Waals surface area contributed by atoms with Gasteiger partial charge in [0.25, 0.3) is 0 Å². The summed E-state index contributed by atoms with van der Waals surface area (Å²) in [7, 11) is 0. The minimum atomic E-state index is -0.305. The highest BCUT2D eigenvalue weighted by Gasteiger charge is 2.35. The van der Waals surface area contributed by atoms with E-state index >= 15 is 0 Å². The SMILES string of the molecule is Cl.O=c1cc(NC2CC(N3CCN(c4nccc5ccccc45)CC3)C2)c2ccccc2o1. The molecule has 1 aliphatic carbocycles. The Balaban J connectivity index is 0.00000228. The molecule has 33 heavy (non-hydrogen) atoms. The number of piperazine rings is 1. The summed E-state index contributed by atoms with van der Waals surface area (Å²) < 4.78 is 5.31. The molecule has 2 aliphatic rings. The van der Waals surface area contributed by atoms with Crippen molar-refractivity contribution < 1.29 is 4.42 Å². The van der Waals surface area contributed by atoms with Crippen LogP contribution < -0.4 is 15.8 Å². The molecule has 4 aromatic rings. The van der Waals surface area contributed by atoms with Gasteiger partial charge in [0.1, 0.15) is 11.4 Å². The maximum atomic E-state index is 11.9. The van der Waals surface area contributed by atoms with Crippen LogP contribution in [0.5, 0.6) is 0 Å². The van der Waals surface area contributed by atoms with E-state index in [9.17, 15) is 4.79 Å². The first-order chi connectivity index (χ1) is 15.7. The Kier molecular flexibility index (Phi) is 5.96. The summed E-state index contributed by atoms with van der Waals surface area (Å²) in [6.45, 7) is 4.11. The predicted molar refractivity (Wildman–Crippen MR) is 136 cm³/mol. The van der Waals surface area contributed by atoms with Gasteiger partial charge in [-0.1, -0.05) is 36.4 Å². The number of aromatic nitrogens is 1. The van der Waals surface area contributed by atoms with Crippen LogP contribution in [0.4, 0.5) is 11.5 Å². The van der Waals surface area contributed by atoms with Crippen LogP contribution in [0.15, 0.2) is 76.1 Å². The van der Waals surface area contributed by atoms with Crippen molar-refractivity contribution in [3.63, 3.8) is 0 Å². The van der Waals surface area contributed by atoms with Crippen molar-refractivity contribution in [3.05, 3.63) is 77.3 Å². The van der Waals surface area contributed by atoms with E-state index in [1.165, 1.54) is 10.8 Å². The molecule has 1 saturated heterocycles. The zero-order valence-corrected chi connectivity index (χ0v) is 19.1. The van der Waals surface area contributed by atoms with Crippen LogP contribution >= 0.6 is 12.4 Å². The van der Waals surface area contributed by atoms with Gasteiger partial charge in [-0.25, -0.2) is 9.78 Å². The molecule has 3 heterocycles. The van der Waals surface area contributed by atoms with E-state index in [4.69, 9.17) is 4.42 Å². The molecule has 0 radical (unpaired) electrons. The molecule has 2 aromatic heterocycles. The van der Waals surface area contributed by atoms with E-state index in [1.807, 2.05) is 30.5 Å². The Morgan fingerprint density at radius 3 is 2.45 bits per heavy atom. The molecule has 7 heteroatoms. The van der Waals surface area contributed by atoms with E-state index in [0.717, 1.165) is 55.9 Å². The van der Waals surface area contributed by atoms with Crippen LogP contribution in [0.2, 0.25) is 0 Å². The Labute approximate surface area is 198 Å². The van der Waals surface area contributed by atoms with Crippen LogP contribution in [-0.2, 0) is 0 Å². The summed E-state index contributed by atoms with van der Waals surface area (Å²) in [5.41, 5.74) is 1.21. The average molecular weight is 463 g/mol. The van der Waals surface area contributed by atoms with Crippen molar-refractivity contribution in [3.8, 4) is 0 Å². The highest BCUT2D eigenvalue weighted by atomic mass is 35.5. The Bertz CT molecular complexity index is 1320. The molecule has 0 unspecified atom stereocenters. The lowest BCUT2D eigenvalue weighted by molar-refractivity contribution is 0.110. The number of para-hydroxylation sites is 1. The second-order valence-electron chi connectivity index (χ2n) is 8.82. The van der Waals surface area contributed by atoms with Crippen LogP contribution in [0.25, 0.3) is 21.7 Å². The second kappa shape index (κ2) is 9.04. The van der Waals surface area contributed by atoms with Gasteiger partial charge in [0.05, 0.1) is 5.69 Å². The van der Waals surface area contributed by atoms with Gasteiger partial charge in [0, 0.05) is 61.3 Å². The van der Waals surface area contributed by atoms with Gasteiger partial charge in [-0.3, -0.25) is 4.90 Å². The molecule has 0 atom stereocenters. The highest BCUT2D eigenvalue weighted by molar-refractivity contribution is 5.92. The highest BCUT2D eigenvalue weighted by Crippen LogP contribution is 2.32. The summed E-state index contributed by atoms with van der Waals surface area (Å²) in [5.74, 6) is 1.10. The third-order valence-corrected chi connectivity index (χ3v) is 6.91. The van der Waals surface area contributed by atoms with Crippen molar-refractivity contribution in [2.75, 3.05) is 36.4 Å². The summed E-state index contributed by atoms with van der Waals surface area (Å²) in [6, 6.07) is 20.8. The third kappa shape index (κ3) is 4.16. The third-order valence-electron chi connectivity index (χ3n) is 6.91. The van der Waals surface area contributed by atoms with Crippen molar-refractivity contribution in [1.29, 1.82) is 0 Å². The molecule has 1 N–H and O–H groups in total. The summed E-state index contributed by atoms with van der Waals surface area (Å²) in [5, 5.41) is 7.02. The van der Waals surface area contributed by atoms with E-state index < -0.39 is 0 Å². The zero-order valence-electron chi connectivity index (χ0n) is 18.3. The molecule has 0 amide bonds. The number of anilines is 2. The average Bonchev–Trinajstić information content (AvgIpc) is 2.81. The van der Waals surface area contributed by atoms with Crippen molar-refractivity contribution in [2.45, 2.75) is 24.9 Å². The molecule has 170 valence electrons. The van der Waals surface area contributed by atoms with Crippen molar-refractivity contribution >= 4 is 45.7 Å². The van der Waals surface area contributed by atoms with E-state index in [0.29, 0.717) is 17.7 Å². The fourth-order valence-electron chi connectivity index (χ4n) is 5.11. The van der Waals surface area contributed by atoms with Crippen LogP contribution in [0.1, 0.15) is 12.8 Å². The minimum Gasteiger partial charge on any atom is -0.423 e. The molecular formula is C26H27ClN4O2. The van der Waals surface area contributed by atoms with Gasteiger partial charge in [0.2, 0.25) is 0 Å². The Hall–Kier alpha value is -3.09. The molecule has 0 spiro atoms. The molecule has 1 saturated carbocycles. The molecule has 6 rings (SSSR count). The monoisotopic (exact) mass is 462 g/mol. The van der Waals surface area contributed by atoms with Gasteiger partial charge < -0.3 is 14.6 Å². The molecular weight excluding hydrogens is 436 g/mol. The van der Waals surface area contributed by atoms with E-state index in [-0.39, 0.29) is 18.0 Å². The molecule has 0 bridgehead atoms. The topological polar surface area (TPSA) is 61.6 Å². The normalized spacial score (nSPS) is 20.9. The van der Waals surface area contributed by atoms with E-state index in [1.54, 1.807) is 6.07 Å². The minimum absolute atomic E-state index is 0. The number of halogens is 1. The van der Waals surface area contributed by atoms with Gasteiger partial charge >= 0.3 is 5.63 Å². The number of hydrogen-bond acceptors (Lipinski definition) is 6. The number of pyridine rings is 1. The van der Waals surface area contributed by atoms with Gasteiger partial charge in [-0.15, -0.1) is 12.4 Å². The zero-order chi connectivity index (χ0) is 21.5. The van der Waals surface area contributed by atoms with Gasteiger partial charge in [-0.2, -0.15) is 0 Å². The number of nitrogens with one attached hydrogen (secondary N) is 1. The first kappa shape index (κ1) is 21.7. The molecule has 1 aliphatic heterocycles. The maximum absolute atomic E-state index is 11.9. The molecule has 6 nitrogen and oxygen atoms in total. The Morgan fingerprint density at radius 1 is 0.909 bits per heavy atom. The summed E-state index contributed by atoms with van der Waals surface area (Å²) in [6.07, 6.45) is 4.11. The number of nitrogens with zero attached hydrogens (tertiary/aromatic N) is 3. The maximum Gasteiger partial charge on any atom is 0.338 e. The lowest BCUT2D eigenvalue weighted by Crippen LogP contribution is -2.56. The second-order valence-corrected chi connectivity index (χ2v) is 8.82. The number of fused-ring (bicyclic) bond motifs is 2. The smallest absolute Gasteiger partial charge is 0.338 e. The lowest BCUT2D eigenvalue weighted by Gasteiger charge is -2.47. The van der Waals surface area contributed by atoms with Crippen LogP contribution in [0.3, 0.4) is 0 Å². The first-order valence-electron chi connectivity index (χ1n) is 11.4. The largest absolute Gasteiger partial charge is 0.423 e. The van der Waals surface area contributed by atoms with Crippen molar-refractivity contribution in [2.24, 2.45) is 0 Å². The van der Waals surface area contributed by atoms with Crippen LogP contribution in [-0.4, -0.2) is 48.1 Å². The fraction of sp³-hybridized carbons (Fsp3) is 0.308. The first-order valence-corrected chi connectivity index (χ1v) is 11.4. The number of benzene rings is 2. The fourth-order valence-corrected chi connectivity index (χ4v) is 5.11. The summed E-state index contributed by atoms with van der Waals surface area (Å²) in [4.78, 5) is 21.6. The number of hydrogen-bond donors (Lipinski definition) is 1. The molecule has 2 aromatic carbocycles. The van der Waals surface area contributed by atoms with Crippen molar-refractivity contribution in [1.82, 2.24) is 9.88 Å². The van der Waals surface area contributed by atoms with E-state index in [2.05, 4.69) is 50.4 Å². The predicted octanol–water partition coefficient (Wildman–Crippen LogP) is 4.53. The summed E-state index contributed by atoms with van der Waals surface area (Å²) >= 11 is 0. The Morgan fingerprint density at radius 2 is 1.64 bits per heavy atom. The van der Waals surface area contributed by atoms with Crippen LogP contribution in [0, 0.1) is 0 Å². The standard InChI is InChI=1S/C26H26N4O2.ClH/c31-25-17-23(22-7-3-4-8-24(22)32-25)28-19-15-20(16-19)29-11-13-30(14-12-29)26-21-6-2-1-5-18(21)9-10-27-26;/h1-10,17,19-20,28H,11-16H2;1H. The quantitative estimate of drug-likeness (QED) is 0.450. The van der Waals surface area contributed by atoms with Gasteiger partial charge in [-0.05, 0) is 36.4 Å². The van der Waals surface area contributed by atoms with Gasteiger partial charge in [0.15, 0.2) is 0 Å². The number of rotatable bonds is 4. The molecule has 2 fully saturated rings.